The lowest BCUT2D eigenvalue weighted by molar-refractivity contribution is 0.0764. The highest BCUT2D eigenvalue weighted by atomic mass is 16.2. The van der Waals surface area contributed by atoms with Crippen molar-refractivity contribution < 1.29 is 4.79 Å². The number of likely N-dealkylation sites (N-methyl/N-ethyl adjacent to an activating group) is 1. The van der Waals surface area contributed by atoms with Gasteiger partial charge in [-0.05, 0) is 37.6 Å². The zero-order chi connectivity index (χ0) is 18.1. The summed E-state index contributed by atoms with van der Waals surface area (Å²) < 4.78 is 0. The van der Waals surface area contributed by atoms with Crippen LogP contribution in [0.15, 0.2) is 54.3 Å². The molecule has 1 rings (SSSR count). The molecule has 0 aliphatic carbocycles. The van der Waals surface area contributed by atoms with Gasteiger partial charge in [0.2, 0.25) is 0 Å². The molecule has 0 fully saturated rings. The molecule has 0 bridgehead atoms. The summed E-state index contributed by atoms with van der Waals surface area (Å²) in [6.45, 7) is 13.2. The van der Waals surface area contributed by atoms with Crippen LogP contribution >= 0.6 is 0 Å². The number of anilines is 1. The topological polar surface area (TPSA) is 47.9 Å². The number of nitrogens with one attached hydrogen (secondary N) is 1. The number of hydrogen-bond donors (Lipinski definition) is 1. The van der Waals surface area contributed by atoms with Crippen molar-refractivity contribution in [3.8, 4) is 0 Å². The van der Waals surface area contributed by atoms with Gasteiger partial charge in [-0.2, -0.15) is 0 Å². The van der Waals surface area contributed by atoms with Crippen molar-refractivity contribution in [1.29, 1.82) is 0 Å². The summed E-state index contributed by atoms with van der Waals surface area (Å²) >= 11 is 0. The van der Waals surface area contributed by atoms with Gasteiger partial charge in [0.05, 0.1) is 5.70 Å². The third-order valence-electron chi connectivity index (χ3n) is 3.59. The van der Waals surface area contributed by atoms with Gasteiger partial charge in [-0.1, -0.05) is 20.1 Å². The highest BCUT2D eigenvalue weighted by molar-refractivity contribution is 6.07. The summed E-state index contributed by atoms with van der Waals surface area (Å²) in [5.41, 5.74) is 2.27. The Morgan fingerprint density at radius 3 is 2.33 bits per heavy atom. The molecule has 0 aliphatic rings. The first-order valence-electron chi connectivity index (χ1n) is 8.16. The van der Waals surface area contributed by atoms with Gasteiger partial charge in [0, 0.05) is 44.6 Å². The van der Waals surface area contributed by atoms with Gasteiger partial charge in [0.25, 0.3) is 5.91 Å². The highest BCUT2D eigenvalue weighted by Crippen LogP contribution is 2.14. The van der Waals surface area contributed by atoms with Crippen LogP contribution in [0.2, 0.25) is 0 Å². The molecule has 0 saturated heterocycles. The fourth-order valence-corrected chi connectivity index (χ4v) is 2.17. The second kappa shape index (κ2) is 9.55. The molecule has 0 aromatic heterocycles. The lowest BCUT2D eigenvalue weighted by Gasteiger charge is -2.21. The van der Waals surface area contributed by atoms with Crippen molar-refractivity contribution in [3.63, 3.8) is 0 Å². The van der Waals surface area contributed by atoms with Crippen molar-refractivity contribution >= 4 is 17.4 Å². The molecular formula is C19H28N4O. The van der Waals surface area contributed by atoms with Gasteiger partial charge in [-0.25, -0.2) is 4.99 Å². The normalized spacial score (nSPS) is 10.9. The maximum absolute atomic E-state index is 12.4. The Balaban J connectivity index is 2.90. The van der Waals surface area contributed by atoms with Crippen molar-refractivity contribution in [3.05, 3.63) is 54.9 Å². The zero-order valence-corrected chi connectivity index (χ0v) is 15.2. The Morgan fingerprint density at radius 1 is 1.25 bits per heavy atom. The number of rotatable bonds is 8. The van der Waals surface area contributed by atoms with Gasteiger partial charge >= 0.3 is 0 Å². The molecular weight excluding hydrogens is 300 g/mol. The van der Waals surface area contributed by atoms with Crippen molar-refractivity contribution in [1.82, 2.24) is 9.80 Å². The first-order valence-corrected chi connectivity index (χ1v) is 8.16. The van der Waals surface area contributed by atoms with Gasteiger partial charge in [0.1, 0.15) is 0 Å². The number of benzene rings is 1. The molecule has 130 valence electrons. The summed E-state index contributed by atoms with van der Waals surface area (Å²) in [5.74, 6) is 0.679. The Bertz CT molecular complexity index is 602. The minimum Gasteiger partial charge on any atom is -0.375 e. The van der Waals surface area contributed by atoms with E-state index in [-0.39, 0.29) is 5.91 Å². The maximum atomic E-state index is 12.4. The summed E-state index contributed by atoms with van der Waals surface area (Å²) in [4.78, 5) is 20.4. The molecule has 0 atom stereocenters. The van der Waals surface area contributed by atoms with Gasteiger partial charge in [-0.3, -0.25) is 4.79 Å². The Hall–Kier alpha value is -2.56. The second-order valence-electron chi connectivity index (χ2n) is 5.59. The van der Waals surface area contributed by atoms with E-state index in [2.05, 4.69) is 30.4 Å². The number of aliphatic imine (C=N–C) groups is 1. The molecule has 5 nitrogen and oxygen atoms in total. The number of amides is 1. The molecule has 0 spiro atoms. The predicted octanol–water partition coefficient (Wildman–Crippen LogP) is 3.59. The first-order chi connectivity index (χ1) is 11.4. The third-order valence-corrected chi connectivity index (χ3v) is 3.59. The van der Waals surface area contributed by atoms with E-state index >= 15 is 0 Å². The summed E-state index contributed by atoms with van der Waals surface area (Å²) in [6.07, 6.45) is 2.42. The van der Waals surface area contributed by atoms with Crippen molar-refractivity contribution in [2.45, 2.75) is 20.3 Å². The minimum absolute atomic E-state index is 0.0589. The lowest BCUT2D eigenvalue weighted by atomic mass is 10.1. The number of hydrogen-bond acceptors (Lipinski definition) is 3. The standard InChI is InChI=1S/C19H28N4O/c1-7-14-23(9-3)19(24)16-10-12-17(13-11-16)21-18(20-8-2)15(4)22(5)6/h8,10-13H,2,4,7,9,14H2,1,3,5-6H3,(H,20,21). The van der Waals surface area contributed by atoms with E-state index in [1.165, 1.54) is 6.20 Å². The van der Waals surface area contributed by atoms with Crippen LogP contribution in [-0.2, 0) is 0 Å². The molecule has 1 N–H and O–H groups in total. The SMILES string of the molecule is C=CN=C(Nc1ccc(C(=O)N(CC)CCC)cc1)C(=C)N(C)C. The van der Waals surface area contributed by atoms with E-state index in [4.69, 9.17) is 0 Å². The third kappa shape index (κ3) is 5.26. The van der Waals surface area contributed by atoms with Gasteiger partial charge in [0.15, 0.2) is 5.84 Å². The molecule has 0 saturated carbocycles. The first kappa shape index (κ1) is 19.5. The van der Waals surface area contributed by atoms with Crippen LogP contribution in [0.25, 0.3) is 0 Å². The van der Waals surface area contributed by atoms with Crippen molar-refractivity contribution in [2.75, 3.05) is 32.5 Å². The molecule has 1 aromatic rings. The van der Waals surface area contributed by atoms with E-state index in [0.29, 0.717) is 17.9 Å². The highest BCUT2D eigenvalue weighted by Gasteiger charge is 2.13. The average Bonchev–Trinajstić information content (AvgIpc) is 2.58. The van der Waals surface area contributed by atoms with Crippen LogP contribution in [0.4, 0.5) is 5.69 Å². The number of nitrogens with zero attached hydrogens (tertiary/aromatic N) is 3. The molecule has 0 unspecified atom stereocenters. The summed E-state index contributed by atoms with van der Waals surface area (Å²) in [7, 11) is 3.80. The van der Waals surface area contributed by atoms with Crippen LogP contribution < -0.4 is 5.32 Å². The Labute approximate surface area is 145 Å². The molecule has 0 aliphatic heterocycles. The van der Waals surface area contributed by atoms with E-state index < -0.39 is 0 Å². The summed E-state index contributed by atoms with van der Waals surface area (Å²) in [5, 5.41) is 3.21. The Morgan fingerprint density at radius 2 is 1.88 bits per heavy atom. The molecule has 1 amide bonds. The molecule has 5 heteroatoms. The molecule has 1 aromatic carbocycles. The van der Waals surface area contributed by atoms with E-state index in [0.717, 1.165) is 24.4 Å². The smallest absolute Gasteiger partial charge is 0.253 e. The minimum atomic E-state index is 0.0589. The number of amidine groups is 1. The fraction of sp³-hybridized carbons (Fsp3) is 0.368. The second-order valence-corrected chi connectivity index (χ2v) is 5.59. The Kier molecular flexibility index (Phi) is 7.75. The predicted molar refractivity (Wildman–Crippen MR) is 102 cm³/mol. The van der Waals surface area contributed by atoms with Crippen molar-refractivity contribution in [2.24, 2.45) is 4.99 Å². The quantitative estimate of drug-likeness (QED) is 0.586. The monoisotopic (exact) mass is 328 g/mol. The largest absolute Gasteiger partial charge is 0.375 e. The van der Waals surface area contributed by atoms with Gasteiger partial charge in [-0.15, -0.1) is 0 Å². The lowest BCUT2D eigenvalue weighted by Crippen LogP contribution is -2.31. The van der Waals surface area contributed by atoms with E-state index in [1.807, 2.05) is 55.1 Å². The number of carbonyl (C=O) groups excluding carboxylic acids is 1. The molecule has 0 radical (unpaired) electrons. The number of carbonyl (C=O) groups is 1. The molecule has 0 heterocycles. The van der Waals surface area contributed by atoms with Crippen LogP contribution in [0, 0.1) is 0 Å². The van der Waals surface area contributed by atoms with Crippen LogP contribution in [-0.4, -0.2) is 48.7 Å². The average molecular weight is 328 g/mol. The van der Waals surface area contributed by atoms with Gasteiger partial charge < -0.3 is 15.1 Å². The van der Waals surface area contributed by atoms with E-state index in [1.54, 1.807) is 0 Å². The van der Waals surface area contributed by atoms with E-state index in [9.17, 15) is 4.79 Å². The zero-order valence-electron chi connectivity index (χ0n) is 15.2. The van der Waals surface area contributed by atoms with Crippen LogP contribution in [0.1, 0.15) is 30.6 Å². The van der Waals surface area contributed by atoms with Crippen LogP contribution in [0.3, 0.4) is 0 Å². The maximum Gasteiger partial charge on any atom is 0.253 e. The van der Waals surface area contributed by atoms with Crippen LogP contribution in [0.5, 0.6) is 0 Å². The summed E-state index contributed by atoms with van der Waals surface area (Å²) in [6, 6.07) is 7.39. The fourth-order valence-electron chi connectivity index (χ4n) is 2.17. The molecule has 24 heavy (non-hydrogen) atoms.